The van der Waals surface area contributed by atoms with E-state index in [2.05, 4.69) is 6.58 Å². The van der Waals surface area contributed by atoms with Crippen molar-refractivity contribution in [1.82, 2.24) is 0 Å². The van der Waals surface area contributed by atoms with Crippen LogP contribution in [0.1, 0.15) is 12.8 Å². The van der Waals surface area contributed by atoms with Crippen molar-refractivity contribution in [2.45, 2.75) is 19.0 Å². The molecule has 0 amide bonds. The van der Waals surface area contributed by atoms with Gasteiger partial charge in [-0.25, -0.2) is 4.39 Å². The van der Waals surface area contributed by atoms with E-state index >= 15 is 0 Å². The number of aliphatic hydroxyl groups is 1. The summed E-state index contributed by atoms with van der Waals surface area (Å²) < 4.78 is 60.0. The van der Waals surface area contributed by atoms with Crippen LogP contribution < -0.4 is 0 Å². The van der Waals surface area contributed by atoms with Crippen molar-refractivity contribution in [3.63, 3.8) is 0 Å². The first-order valence-electron chi connectivity index (χ1n) is 3.69. The Labute approximate surface area is 77.5 Å². The van der Waals surface area contributed by atoms with E-state index in [0.29, 0.717) is 0 Å². The maximum Gasteiger partial charge on any atom is 0.356 e. The smallest absolute Gasteiger partial charge is 0.336 e. The highest BCUT2D eigenvalue weighted by Gasteiger charge is 2.37. The molecule has 0 aliphatic carbocycles. The number of hydrogen-bond donors (Lipinski definition) is 1. The first kappa shape index (κ1) is 13.1. The van der Waals surface area contributed by atoms with Crippen LogP contribution in [-0.4, -0.2) is 11.2 Å². The zero-order valence-corrected chi connectivity index (χ0v) is 7.11. The van der Waals surface area contributed by atoms with Gasteiger partial charge in [0.15, 0.2) is 5.83 Å². The van der Waals surface area contributed by atoms with E-state index in [4.69, 9.17) is 5.11 Å². The molecular formula is C8H9F5O. The van der Waals surface area contributed by atoms with Crippen molar-refractivity contribution in [3.8, 4) is 0 Å². The van der Waals surface area contributed by atoms with Crippen molar-refractivity contribution in [3.05, 3.63) is 24.6 Å². The van der Waals surface area contributed by atoms with Gasteiger partial charge in [0, 0.05) is 6.42 Å². The second-order valence-electron chi connectivity index (χ2n) is 2.68. The quantitative estimate of drug-likeness (QED) is 0.552. The van der Waals surface area contributed by atoms with Gasteiger partial charge in [-0.15, -0.1) is 6.58 Å². The van der Waals surface area contributed by atoms with Crippen LogP contribution in [0.25, 0.3) is 0 Å². The molecule has 0 spiro atoms. The van der Waals surface area contributed by atoms with E-state index in [-0.39, 0.29) is 0 Å². The summed E-state index contributed by atoms with van der Waals surface area (Å²) in [6, 6.07) is 0. The Balaban J connectivity index is 4.54. The third-order valence-corrected chi connectivity index (χ3v) is 1.57. The van der Waals surface area contributed by atoms with E-state index in [0.717, 1.165) is 6.08 Å². The van der Waals surface area contributed by atoms with Crippen LogP contribution in [0, 0.1) is 5.92 Å². The first-order chi connectivity index (χ1) is 6.29. The Kier molecular flexibility index (Phi) is 4.76. The summed E-state index contributed by atoms with van der Waals surface area (Å²) >= 11 is 0. The molecule has 0 aromatic heterocycles. The molecule has 0 bridgehead atoms. The van der Waals surface area contributed by atoms with Crippen molar-refractivity contribution in [2.24, 2.45) is 5.92 Å². The molecule has 0 saturated heterocycles. The molecule has 0 aliphatic heterocycles. The highest BCUT2D eigenvalue weighted by Crippen LogP contribution is 2.32. The van der Waals surface area contributed by atoms with E-state index in [1.54, 1.807) is 0 Å². The van der Waals surface area contributed by atoms with Gasteiger partial charge in [-0.05, 0) is 6.42 Å². The predicted molar refractivity (Wildman–Crippen MR) is 40.4 cm³/mol. The fourth-order valence-electron chi connectivity index (χ4n) is 0.843. The first-order valence-corrected chi connectivity index (χ1v) is 3.69. The van der Waals surface area contributed by atoms with Gasteiger partial charge in [-0.2, -0.15) is 17.6 Å². The Hall–Kier alpha value is -0.910. The number of halogens is 5. The monoisotopic (exact) mass is 216 g/mol. The second kappa shape index (κ2) is 5.09. The van der Waals surface area contributed by atoms with Crippen LogP contribution in [0.2, 0.25) is 0 Å². The minimum absolute atomic E-state index is 0.454. The standard InChI is InChI=1S/C8H9F5O/c1-2-3-5(8(12,13)14)4-6(9)7(10)11/h2,5,14H,1,3-4H2. The molecule has 1 N–H and O–H groups in total. The number of rotatable bonds is 5. The Bertz CT molecular complexity index is 226. The van der Waals surface area contributed by atoms with Crippen molar-refractivity contribution >= 4 is 0 Å². The van der Waals surface area contributed by atoms with E-state index in [9.17, 15) is 22.0 Å². The molecule has 0 aromatic carbocycles. The van der Waals surface area contributed by atoms with Gasteiger partial charge in [0.05, 0.1) is 5.92 Å². The van der Waals surface area contributed by atoms with Crippen LogP contribution in [0.4, 0.5) is 22.0 Å². The molecule has 82 valence electrons. The zero-order valence-electron chi connectivity index (χ0n) is 7.11. The Morgan fingerprint density at radius 3 is 2.14 bits per heavy atom. The SMILES string of the molecule is C=CCC(CC(F)=C(F)F)C(O)(F)F. The summed E-state index contributed by atoms with van der Waals surface area (Å²) in [6.07, 6.45) is -7.51. The topological polar surface area (TPSA) is 20.2 Å². The van der Waals surface area contributed by atoms with Crippen LogP contribution in [0.3, 0.4) is 0 Å². The van der Waals surface area contributed by atoms with Gasteiger partial charge in [0.25, 0.3) is 0 Å². The highest BCUT2D eigenvalue weighted by atomic mass is 19.3. The molecule has 0 saturated carbocycles. The van der Waals surface area contributed by atoms with Gasteiger partial charge >= 0.3 is 12.2 Å². The van der Waals surface area contributed by atoms with Gasteiger partial charge in [0.1, 0.15) is 0 Å². The minimum atomic E-state index is -4.19. The summed E-state index contributed by atoms with van der Waals surface area (Å²) in [5.74, 6) is -3.85. The lowest BCUT2D eigenvalue weighted by atomic mass is 10.00. The molecule has 1 nitrogen and oxygen atoms in total. The average Bonchev–Trinajstić information content (AvgIpc) is 2.01. The molecule has 1 atom stereocenters. The molecule has 0 aromatic rings. The van der Waals surface area contributed by atoms with E-state index < -0.39 is 36.8 Å². The van der Waals surface area contributed by atoms with E-state index in [1.807, 2.05) is 0 Å². The van der Waals surface area contributed by atoms with Gasteiger partial charge in [0.2, 0.25) is 0 Å². The fourth-order valence-corrected chi connectivity index (χ4v) is 0.843. The molecule has 1 unspecified atom stereocenters. The fraction of sp³-hybridized carbons (Fsp3) is 0.500. The highest BCUT2D eigenvalue weighted by molar-refractivity contribution is 4.95. The van der Waals surface area contributed by atoms with Crippen LogP contribution >= 0.6 is 0 Å². The van der Waals surface area contributed by atoms with Crippen molar-refractivity contribution in [1.29, 1.82) is 0 Å². The second-order valence-corrected chi connectivity index (χ2v) is 2.68. The summed E-state index contributed by atoms with van der Waals surface area (Å²) in [6.45, 7) is 3.10. The summed E-state index contributed by atoms with van der Waals surface area (Å²) in [4.78, 5) is 0. The van der Waals surface area contributed by atoms with Gasteiger partial charge in [-0.3, -0.25) is 0 Å². The summed E-state index contributed by atoms with van der Waals surface area (Å²) in [5.41, 5.74) is 0. The molecule has 0 heterocycles. The summed E-state index contributed by atoms with van der Waals surface area (Å²) in [7, 11) is 0. The van der Waals surface area contributed by atoms with Crippen molar-refractivity contribution in [2.75, 3.05) is 0 Å². The number of hydrogen-bond acceptors (Lipinski definition) is 1. The predicted octanol–water partition coefficient (Wildman–Crippen LogP) is 3.23. The average molecular weight is 216 g/mol. The third kappa shape index (κ3) is 4.36. The zero-order chi connectivity index (χ0) is 11.4. The maximum absolute atomic E-state index is 12.3. The minimum Gasteiger partial charge on any atom is -0.336 e. The number of alkyl halides is 2. The normalized spacial score (nSPS) is 13.6. The number of allylic oxidation sites excluding steroid dienone is 2. The van der Waals surface area contributed by atoms with Gasteiger partial charge in [-0.1, -0.05) is 6.08 Å². The van der Waals surface area contributed by atoms with Gasteiger partial charge < -0.3 is 5.11 Å². The lowest BCUT2D eigenvalue weighted by Crippen LogP contribution is -2.27. The molecule has 0 aliphatic rings. The molecule has 14 heavy (non-hydrogen) atoms. The lowest BCUT2D eigenvalue weighted by Gasteiger charge is -2.19. The van der Waals surface area contributed by atoms with Crippen LogP contribution in [0.15, 0.2) is 24.6 Å². The summed E-state index contributed by atoms with van der Waals surface area (Å²) in [5, 5.41) is 8.22. The Morgan fingerprint density at radius 1 is 1.36 bits per heavy atom. The third-order valence-electron chi connectivity index (χ3n) is 1.57. The molecular weight excluding hydrogens is 207 g/mol. The van der Waals surface area contributed by atoms with E-state index in [1.165, 1.54) is 0 Å². The van der Waals surface area contributed by atoms with Crippen molar-refractivity contribution < 1.29 is 27.1 Å². The largest absolute Gasteiger partial charge is 0.356 e. The molecule has 6 heteroatoms. The maximum atomic E-state index is 12.3. The Morgan fingerprint density at radius 2 is 1.86 bits per heavy atom. The molecule has 0 radical (unpaired) electrons. The molecule has 0 fully saturated rings. The van der Waals surface area contributed by atoms with Crippen LogP contribution in [-0.2, 0) is 0 Å². The lowest BCUT2D eigenvalue weighted by molar-refractivity contribution is -0.236. The molecule has 0 rings (SSSR count). The van der Waals surface area contributed by atoms with Crippen LogP contribution in [0.5, 0.6) is 0 Å².